The van der Waals surface area contributed by atoms with Gasteiger partial charge in [-0.2, -0.15) is 0 Å². The first kappa shape index (κ1) is 13.1. The molecule has 0 saturated heterocycles. The predicted octanol–water partition coefficient (Wildman–Crippen LogP) is 1.44. The Balaban J connectivity index is 2.20. The van der Waals surface area contributed by atoms with E-state index >= 15 is 0 Å². The molecule has 0 aliphatic carbocycles. The van der Waals surface area contributed by atoms with Gasteiger partial charge in [0.05, 0.1) is 7.11 Å². The molecule has 3 rings (SSSR count). The van der Waals surface area contributed by atoms with Gasteiger partial charge in [0.15, 0.2) is 0 Å². The molecule has 1 unspecified atom stereocenters. The average molecular weight is 273 g/mol. The quantitative estimate of drug-likeness (QED) is 0.830. The Morgan fingerprint density at radius 3 is 2.80 bits per heavy atom. The summed E-state index contributed by atoms with van der Waals surface area (Å²) in [5, 5.41) is 4.39. The molecule has 2 heterocycles. The summed E-state index contributed by atoms with van der Waals surface area (Å²) in [6.45, 7) is 4.70. The fraction of sp³-hybridized carbons (Fsp3) is 0.400. The van der Waals surface area contributed by atoms with Gasteiger partial charge in [-0.05, 0) is 30.2 Å². The second kappa shape index (κ2) is 4.92. The highest BCUT2D eigenvalue weighted by molar-refractivity contribution is 5.91. The third-order valence-electron chi connectivity index (χ3n) is 4.00. The number of hydrogen-bond acceptors (Lipinski definition) is 4. The van der Waals surface area contributed by atoms with Crippen molar-refractivity contribution in [1.82, 2.24) is 9.88 Å². The number of hydrogen-bond donors (Lipinski definition) is 2. The molecule has 2 aromatic rings. The van der Waals surface area contributed by atoms with Crippen LogP contribution in [0.25, 0.3) is 10.9 Å². The second-order valence-electron chi connectivity index (χ2n) is 5.11. The standard InChI is InChI=1S/C15H19N3O2/c1-3-18-8-12(14(16)15(19)20-2)11-4-9-6-17-7-10(9)5-13(11)18/h4-5,8,14,17H,3,6-7,16H2,1-2H3. The number of aromatic nitrogens is 1. The normalized spacial score (nSPS) is 15.3. The van der Waals surface area contributed by atoms with E-state index < -0.39 is 12.0 Å². The Hall–Kier alpha value is -1.85. The minimum atomic E-state index is -0.734. The number of esters is 1. The van der Waals surface area contributed by atoms with Crippen LogP contribution in [0.5, 0.6) is 0 Å². The van der Waals surface area contributed by atoms with E-state index in [0.717, 1.165) is 36.1 Å². The van der Waals surface area contributed by atoms with E-state index in [-0.39, 0.29) is 0 Å². The van der Waals surface area contributed by atoms with Crippen molar-refractivity contribution in [2.75, 3.05) is 7.11 Å². The van der Waals surface area contributed by atoms with Gasteiger partial charge in [0.25, 0.3) is 0 Å². The van der Waals surface area contributed by atoms with Gasteiger partial charge in [0, 0.05) is 42.3 Å². The van der Waals surface area contributed by atoms with Crippen molar-refractivity contribution < 1.29 is 9.53 Å². The number of ether oxygens (including phenoxy) is 1. The number of nitrogens with one attached hydrogen (secondary N) is 1. The number of carbonyl (C=O) groups excluding carboxylic acids is 1. The number of nitrogens with two attached hydrogens (primary N) is 1. The predicted molar refractivity (Wildman–Crippen MR) is 77.1 cm³/mol. The maximum Gasteiger partial charge on any atom is 0.327 e. The lowest BCUT2D eigenvalue weighted by Gasteiger charge is -2.08. The van der Waals surface area contributed by atoms with Crippen molar-refractivity contribution in [2.24, 2.45) is 5.73 Å². The van der Waals surface area contributed by atoms with E-state index in [4.69, 9.17) is 10.5 Å². The zero-order valence-corrected chi connectivity index (χ0v) is 11.8. The molecule has 1 aliphatic heterocycles. The van der Waals surface area contributed by atoms with Crippen molar-refractivity contribution in [1.29, 1.82) is 0 Å². The number of rotatable bonds is 3. The van der Waals surface area contributed by atoms with Crippen molar-refractivity contribution in [2.45, 2.75) is 32.6 Å². The Kier molecular flexibility index (Phi) is 3.23. The molecular weight excluding hydrogens is 254 g/mol. The van der Waals surface area contributed by atoms with Gasteiger partial charge in [-0.1, -0.05) is 0 Å². The smallest absolute Gasteiger partial charge is 0.327 e. The van der Waals surface area contributed by atoms with Gasteiger partial charge in [-0.15, -0.1) is 0 Å². The van der Waals surface area contributed by atoms with Crippen LogP contribution >= 0.6 is 0 Å². The number of fused-ring (bicyclic) bond motifs is 2. The number of carbonyl (C=O) groups is 1. The van der Waals surface area contributed by atoms with Gasteiger partial charge < -0.3 is 20.4 Å². The fourth-order valence-electron chi connectivity index (χ4n) is 2.88. The van der Waals surface area contributed by atoms with Crippen molar-refractivity contribution >= 4 is 16.9 Å². The third kappa shape index (κ3) is 1.90. The van der Waals surface area contributed by atoms with E-state index in [1.54, 1.807) is 0 Å². The van der Waals surface area contributed by atoms with Crippen LogP contribution in [0, 0.1) is 0 Å². The van der Waals surface area contributed by atoms with E-state index in [1.807, 2.05) is 6.20 Å². The summed E-state index contributed by atoms with van der Waals surface area (Å²) in [5.41, 5.74) is 10.6. The highest BCUT2D eigenvalue weighted by Gasteiger charge is 2.23. The van der Waals surface area contributed by atoms with Crippen LogP contribution in [0.3, 0.4) is 0 Å². The Morgan fingerprint density at radius 1 is 1.45 bits per heavy atom. The fourth-order valence-corrected chi connectivity index (χ4v) is 2.88. The maximum absolute atomic E-state index is 11.7. The first-order valence-electron chi connectivity index (χ1n) is 6.84. The highest BCUT2D eigenvalue weighted by atomic mass is 16.5. The summed E-state index contributed by atoms with van der Waals surface area (Å²) < 4.78 is 6.90. The minimum Gasteiger partial charge on any atom is -0.468 e. The molecule has 0 radical (unpaired) electrons. The van der Waals surface area contributed by atoms with Crippen LogP contribution in [0.1, 0.15) is 29.7 Å². The van der Waals surface area contributed by atoms with Crippen LogP contribution in [0.15, 0.2) is 18.3 Å². The Morgan fingerprint density at radius 2 is 2.15 bits per heavy atom. The molecule has 5 heteroatoms. The summed E-state index contributed by atoms with van der Waals surface area (Å²) in [5.74, 6) is -0.404. The lowest BCUT2D eigenvalue weighted by atomic mass is 10.0. The van der Waals surface area contributed by atoms with E-state index in [9.17, 15) is 4.79 Å². The van der Waals surface area contributed by atoms with Gasteiger partial charge in [-0.3, -0.25) is 4.79 Å². The van der Waals surface area contributed by atoms with Gasteiger partial charge in [-0.25, -0.2) is 0 Å². The summed E-state index contributed by atoms with van der Waals surface area (Å²) >= 11 is 0. The van der Waals surface area contributed by atoms with Crippen molar-refractivity contribution in [3.8, 4) is 0 Å². The molecule has 1 aromatic heterocycles. The molecule has 1 aliphatic rings. The molecule has 3 N–H and O–H groups in total. The number of benzene rings is 1. The summed E-state index contributed by atoms with van der Waals surface area (Å²) in [7, 11) is 1.36. The number of nitrogens with zero attached hydrogens (tertiary/aromatic N) is 1. The third-order valence-corrected chi connectivity index (χ3v) is 4.00. The second-order valence-corrected chi connectivity index (χ2v) is 5.11. The molecule has 20 heavy (non-hydrogen) atoms. The Bertz CT molecular complexity index is 675. The first-order chi connectivity index (χ1) is 9.65. The zero-order chi connectivity index (χ0) is 14.3. The van der Waals surface area contributed by atoms with Gasteiger partial charge in [0.1, 0.15) is 6.04 Å². The summed E-state index contributed by atoms with van der Waals surface area (Å²) in [4.78, 5) is 11.7. The molecule has 1 aromatic carbocycles. The molecule has 0 amide bonds. The zero-order valence-electron chi connectivity index (χ0n) is 11.8. The molecule has 1 atom stereocenters. The largest absolute Gasteiger partial charge is 0.468 e. The molecular formula is C15H19N3O2. The van der Waals surface area contributed by atoms with Crippen LogP contribution < -0.4 is 11.1 Å². The maximum atomic E-state index is 11.7. The first-order valence-corrected chi connectivity index (χ1v) is 6.84. The average Bonchev–Trinajstić information content (AvgIpc) is 3.06. The van der Waals surface area contributed by atoms with Crippen LogP contribution in [0.4, 0.5) is 0 Å². The van der Waals surface area contributed by atoms with Crippen LogP contribution in [-0.2, 0) is 29.2 Å². The van der Waals surface area contributed by atoms with Gasteiger partial charge in [0.2, 0.25) is 0 Å². The van der Waals surface area contributed by atoms with Crippen LogP contribution in [-0.4, -0.2) is 17.6 Å². The van der Waals surface area contributed by atoms with E-state index in [1.165, 1.54) is 18.2 Å². The lowest BCUT2D eigenvalue weighted by Crippen LogP contribution is -2.22. The minimum absolute atomic E-state index is 0.404. The lowest BCUT2D eigenvalue weighted by molar-refractivity contribution is -0.142. The topological polar surface area (TPSA) is 69.3 Å². The molecule has 0 saturated carbocycles. The molecule has 0 bridgehead atoms. The van der Waals surface area contributed by atoms with Crippen molar-refractivity contribution in [3.63, 3.8) is 0 Å². The molecule has 106 valence electrons. The monoisotopic (exact) mass is 273 g/mol. The van der Waals surface area contributed by atoms with Gasteiger partial charge >= 0.3 is 5.97 Å². The Labute approximate surface area is 117 Å². The molecule has 5 nitrogen and oxygen atoms in total. The molecule has 0 spiro atoms. The number of methoxy groups -OCH3 is 1. The van der Waals surface area contributed by atoms with E-state index in [0.29, 0.717) is 0 Å². The van der Waals surface area contributed by atoms with Crippen LogP contribution in [0.2, 0.25) is 0 Å². The van der Waals surface area contributed by atoms with E-state index in [2.05, 4.69) is 28.9 Å². The summed E-state index contributed by atoms with van der Waals surface area (Å²) in [6, 6.07) is 3.61. The number of aryl methyl sites for hydroxylation is 1. The van der Waals surface area contributed by atoms with Crippen molar-refractivity contribution in [3.05, 3.63) is 35.0 Å². The highest BCUT2D eigenvalue weighted by Crippen LogP contribution is 2.30. The SMILES string of the molecule is CCn1cc(C(N)C(=O)OC)c2cc3c(cc21)CNC3. The summed E-state index contributed by atoms with van der Waals surface area (Å²) in [6.07, 6.45) is 1.97. The molecule has 0 fully saturated rings.